The second-order valence-corrected chi connectivity index (χ2v) is 10.0. The maximum absolute atomic E-state index is 13.2. The molecule has 0 radical (unpaired) electrons. The number of amides is 3. The number of nitrogens with one attached hydrogen (secondary N) is 3. The molecule has 4 aromatic carbocycles. The number of benzene rings is 4. The first-order valence-corrected chi connectivity index (χ1v) is 13.8. The molecule has 0 aliphatic carbocycles. The van der Waals surface area contributed by atoms with E-state index in [1.54, 1.807) is 36.4 Å². The molecular weight excluding hydrogens is 536 g/mol. The Morgan fingerprint density at radius 3 is 2.10 bits per heavy atom. The van der Waals surface area contributed by atoms with Gasteiger partial charge >= 0.3 is 0 Å². The summed E-state index contributed by atoms with van der Waals surface area (Å²) >= 11 is 6.31. The van der Waals surface area contributed by atoms with E-state index in [1.807, 2.05) is 66.7 Å². The number of imide groups is 1. The van der Waals surface area contributed by atoms with Crippen LogP contribution in [-0.2, 0) is 16.0 Å². The zero-order valence-electron chi connectivity index (χ0n) is 22.5. The number of halogens is 1. The summed E-state index contributed by atoms with van der Waals surface area (Å²) < 4.78 is 0. The quantitative estimate of drug-likeness (QED) is 0.174. The van der Waals surface area contributed by atoms with Gasteiger partial charge in [0.15, 0.2) is 0 Å². The van der Waals surface area contributed by atoms with E-state index in [-0.39, 0.29) is 16.6 Å². The minimum atomic E-state index is -0.598. The largest absolute Gasteiger partial charge is 0.356 e. The van der Waals surface area contributed by atoms with Crippen LogP contribution in [0.25, 0.3) is 0 Å². The van der Waals surface area contributed by atoms with Crippen LogP contribution in [0.4, 0.5) is 28.4 Å². The van der Waals surface area contributed by atoms with E-state index in [1.165, 1.54) is 0 Å². The van der Waals surface area contributed by atoms with Gasteiger partial charge in [-0.25, -0.2) is 4.90 Å². The van der Waals surface area contributed by atoms with Crippen LogP contribution in [0.1, 0.15) is 35.7 Å². The second-order valence-electron chi connectivity index (χ2n) is 9.63. The topological polar surface area (TPSA) is 90.5 Å². The fraction of sp³-hybridized carbons (Fsp3) is 0.121. The van der Waals surface area contributed by atoms with Crippen LogP contribution in [0.2, 0.25) is 0 Å². The predicted molar refractivity (Wildman–Crippen MR) is 165 cm³/mol. The molecule has 41 heavy (non-hydrogen) atoms. The van der Waals surface area contributed by atoms with Gasteiger partial charge in [-0.15, -0.1) is 0 Å². The molecule has 7 nitrogen and oxygen atoms in total. The molecule has 1 aliphatic heterocycles. The number of carbonyl (C=O) groups is 3. The molecule has 8 heteroatoms. The lowest BCUT2D eigenvalue weighted by atomic mass is 10.1. The average Bonchev–Trinajstić information content (AvgIpc) is 3.20. The Hall–Kier alpha value is -4.88. The zero-order chi connectivity index (χ0) is 28.8. The van der Waals surface area contributed by atoms with Gasteiger partial charge in [-0.05, 0) is 85.1 Å². The molecule has 3 amide bonds. The molecule has 5 rings (SSSR count). The third-order valence-corrected chi connectivity index (χ3v) is 6.99. The summed E-state index contributed by atoms with van der Waals surface area (Å²) in [6.45, 7) is 2.13. The molecule has 0 fully saturated rings. The molecule has 0 saturated carbocycles. The first-order valence-electron chi connectivity index (χ1n) is 13.4. The fourth-order valence-electron chi connectivity index (χ4n) is 4.45. The van der Waals surface area contributed by atoms with Crippen molar-refractivity contribution >= 4 is 57.8 Å². The number of anilines is 5. The number of aryl methyl sites for hydroxylation is 1. The zero-order valence-corrected chi connectivity index (χ0v) is 23.2. The van der Waals surface area contributed by atoms with Crippen molar-refractivity contribution in [3.63, 3.8) is 0 Å². The molecule has 0 unspecified atom stereocenters. The highest BCUT2D eigenvalue weighted by Gasteiger charge is 2.39. The number of nitrogens with zero attached hydrogens (tertiary/aromatic N) is 1. The van der Waals surface area contributed by atoms with E-state index in [4.69, 9.17) is 11.6 Å². The molecule has 1 aliphatic rings. The number of rotatable bonds is 10. The third-order valence-electron chi connectivity index (χ3n) is 6.64. The number of para-hydroxylation sites is 1. The van der Waals surface area contributed by atoms with Crippen LogP contribution in [-0.4, -0.2) is 17.7 Å². The van der Waals surface area contributed by atoms with Crippen LogP contribution in [0, 0.1) is 0 Å². The number of hydrogen-bond donors (Lipinski definition) is 3. The lowest BCUT2D eigenvalue weighted by Crippen LogP contribution is -2.32. The van der Waals surface area contributed by atoms with Crippen LogP contribution in [0.15, 0.2) is 114 Å². The molecule has 0 saturated heterocycles. The van der Waals surface area contributed by atoms with Crippen molar-refractivity contribution in [2.45, 2.75) is 26.2 Å². The van der Waals surface area contributed by atoms with Gasteiger partial charge in [-0.1, -0.05) is 61.3 Å². The lowest BCUT2D eigenvalue weighted by Gasteiger charge is -2.16. The Morgan fingerprint density at radius 2 is 1.39 bits per heavy atom. The first kappa shape index (κ1) is 27.7. The summed E-state index contributed by atoms with van der Waals surface area (Å²) in [5.41, 5.74) is 4.87. The maximum atomic E-state index is 13.2. The average molecular weight is 565 g/mol. The van der Waals surface area contributed by atoms with Crippen molar-refractivity contribution in [1.82, 2.24) is 0 Å². The molecule has 206 valence electrons. The Morgan fingerprint density at radius 1 is 0.732 bits per heavy atom. The van der Waals surface area contributed by atoms with E-state index in [0.29, 0.717) is 22.6 Å². The van der Waals surface area contributed by atoms with Crippen molar-refractivity contribution in [2.24, 2.45) is 0 Å². The summed E-state index contributed by atoms with van der Waals surface area (Å²) in [4.78, 5) is 40.1. The second kappa shape index (κ2) is 12.5. The Bertz CT molecular complexity index is 1600. The standard InChI is InChI=1S/C33H29ClN4O3/c1-2-3-8-22-13-19-28(20-14-22)38-32(40)29(34)30(33(38)41)36-27-12-7-9-23(21-27)31(39)37-26-17-15-25(16-18-26)35-24-10-5-4-6-11-24/h4-7,9-21,35-36H,2-3,8H2,1H3,(H,37,39). The van der Waals surface area contributed by atoms with E-state index >= 15 is 0 Å². The molecule has 3 N–H and O–H groups in total. The molecule has 0 bridgehead atoms. The van der Waals surface area contributed by atoms with Gasteiger partial charge in [0.2, 0.25) is 0 Å². The van der Waals surface area contributed by atoms with Crippen molar-refractivity contribution in [3.8, 4) is 0 Å². The van der Waals surface area contributed by atoms with Crippen LogP contribution in [0.3, 0.4) is 0 Å². The molecule has 0 spiro atoms. The predicted octanol–water partition coefficient (Wildman–Crippen LogP) is 7.46. The van der Waals surface area contributed by atoms with E-state index < -0.39 is 11.8 Å². The SMILES string of the molecule is CCCCc1ccc(N2C(=O)C(Cl)=C(Nc3cccc(C(=O)Nc4ccc(Nc5ccccc5)cc4)c3)C2=O)cc1. The van der Waals surface area contributed by atoms with E-state index in [2.05, 4.69) is 22.9 Å². The molecule has 0 aromatic heterocycles. The van der Waals surface area contributed by atoms with Gasteiger partial charge in [0.1, 0.15) is 10.7 Å². The number of carbonyl (C=O) groups excluding carboxylic acids is 3. The van der Waals surface area contributed by atoms with Crippen molar-refractivity contribution in [2.75, 3.05) is 20.9 Å². The fourth-order valence-corrected chi connectivity index (χ4v) is 4.66. The Kier molecular flexibility index (Phi) is 8.46. The van der Waals surface area contributed by atoms with Gasteiger partial charge < -0.3 is 16.0 Å². The molecular formula is C33H29ClN4O3. The maximum Gasteiger partial charge on any atom is 0.283 e. The van der Waals surface area contributed by atoms with Crippen LogP contribution in [0.5, 0.6) is 0 Å². The van der Waals surface area contributed by atoms with Gasteiger partial charge in [-0.3, -0.25) is 14.4 Å². The van der Waals surface area contributed by atoms with Crippen LogP contribution >= 0.6 is 11.6 Å². The first-order chi connectivity index (χ1) is 19.9. The van der Waals surface area contributed by atoms with Crippen molar-refractivity contribution in [3.05, 3.63) is 125 Å². The lowest BCUT2D eigenvalue weighted by molar-refractivity contribution is -0.120. The smallest absolute Gasteiger partial charge is 0.283 e. The molecule has 0 atom stereocenters. The van der Waals surface area contributed by atoms with Gasteiger partial charge in [0, 0.05) is 28.3 Å². The van der Waals surface area contributed by atoms with Gasteiger partial charge in [0.05, 0.1) is 5.69 Å². The monoisotopic (exact) mass is 564 g/mol. The number of hydrogen-bond acceptors (Lipinski definition) is 5. The highest BCUT2D eigenvalue weighted by atomic mass is 35.5. The van der Waals surface area contributed by atoms with E-state index in [0.717, 1.165) is 41.1 Å². The number of unbranched alkanes of at least 4 members (excludes halogenated alkanes) is 1. The Labute approximate surface area is 243 Å². The minimum absolute atomic E-state index is 0.0363. The summed E-state index contributed by atoms with van der Waals surface area (Å²) in [7, 11) is 0. The van der Waals surface area contributed by atoms with Crippen molar-refractivity contribution < 1.29 is 14.4 Å². The minimum Gasteiger partial charge on any atom is -0.356 e. The summed E-state index contributed by atoms with van der Waals surface area (Å²) in [6.07, 6.45) is 3.09. The van der Waals surface area contributed by atoms with Gasteiger partial charge in [-0.2, -0.15) is 0 Å². The highest BCUT2D eigenvalue weighted by Crippen LogP contribution is 2.31. The highest BCUT2D eigenvalue weighted by molar-refractivity contribution is 6.53. The van der Waals surface area contributed by atoms with Gasteiger partial charge in [0.25, 0.3) is 17.7 Å². The summed E-state index contributed by atoms with van der Waals surface area (Å²) in [5.74, 6) is -1.48. The third kappa shape index (κ3) is 6.48. The normalized spacial score (nSPS) is 13.0. The van der Waals surface area contributed by atoms with Crippen LogP contribution < -0.4 is 20.9 Å². The molecule has 1 heterocycles. The summed E-state index contributed by atoms with van der Waals surface area (Å²) in [5, 5.41) is 8.92. The van der Waals surface area contributed by atoms with E-state index in [9.17, 15) is 14.4 Å². The Balaban J connectivity index is 1.24. The summed E-state index contributed by atoms with van der Waals surface area (Å²) in [6, 6.07) is 31.2. The molecule has 4 aromatic rings. The van der Waals surface area contributed by atoms with Crippen molar-refractivity contribution in [1.29, 1.82) is 0 Å².